The maximum Gasteiger partial charge on any atom is 0.241 e. The molecule has 1 amide bonds. The van der Waals surface area contributed by atoms with Crippen molar-refractivity contribution in [2.75, 3.05) is 26.2 Å². The van der Waals surface area contributed by atoms with E-state index in [-0.39, 0.29) is 36.4 Å². The van der Waals surface area contributed by atoms with Crippen LogP contribution in [0.2, 0.25) is 0 Å². The van der Waals surface area contributed by atoms with Crippen LogP contribution >= 0.6 is 24.0 Å². The Hall–Kier alpha value is -0.530. The average molecular weight is 384 g/mol. The number of guanidine groups is 1. The van der Waals surface area contributed by atoms with Gasteiger partial charge in [0.05, 0.1) is 0 Å². The van der Waals surface area contributed by atoms with Crippen LogP contribution in [0.5, 0.6) is 0 Å². The number of nitrogens with one attached hydrogen (secondary N) is 3. The molecule has 0 rings (SSSR count). The van der Waals surface area contributed by atoms with Gasteiger partial charge in [-0.25, -0.2) is 4.99 Å². The van der Waals surface area contributed by atoms with Crippen LogP contribution in [0.15, 0.2) is 4.99 Å². The summed E-state index contributed by atoms with van der Waals surface area (Å²) in [6.07, 6.45) is 4.49. The molecular weight excluding hydrogens is 355 g/mol. The molecule has 114 valence electrons. The predicted molar refractivity (Wildman–Crippen MR) is 92.2 cm³/mol. The molecule has 0 aliphatic carbocycles. The summed E-state index contributed by atoms with van der Waals surface area (Å²) in [7, 11) is 0. The van der Waals surface area contributed by atoms with Gasteiger partial charge >= 0.3 is 0 Å². The first-order chi connectivity index (χ1) is 8.74. The van der Waals surface area contributed by atoms with Crippen LogP contribution in [0.3, 0.4) is 0 Å². The third kappa shape index (κ3) is 13.7. The summed E-state index contributed by atoms with van der Waals surface area (Å²) in [5.41, 5.74) is 0. The summed E-state index contributed by atoms with van der Waals surface area (Å²) in [6, 6.07) is 0. The highest BCUT2D eigenvalue weighted by Crippen LogP contribution is 1.90. The Kier molecular flexibility index (Phi) is 17.0. The molecule has 0 heterocycles. The smallest absolute Gasteiger partial charge is 0.241 e. The van der Waals surface area contributed by atoms with Gasteiger partial charge in [-0.05, 0) is 19.8 Å². The summed E-state index contributed by atoms with van der Waals surface area (Å²) < 4.78 is 0. The molecule has 0 saturated carbocycles. The fourth-order valence-corrected chi connectivity index (χ4v) is 1.39. The number of carbonyl (C=O) groups is 1. The number of amides is 1. The second-order valence-electron chi connectivity index (χ2n) is 4.18. The monoisotopic (exact) mass is 384 g/mol. The highest BCUT2D eigenvalue weighted by molar-refractivity contribution is 14.0. The molecule has 0 bridgehead atoms. The average Bonchev–Trinajstić information content (AvgIpc) is 2.38. The molecule has 19 heavy (non-hydrogen) atoms. The highest BCUT2D eigenvalue weighted by Gasteiger charge is 2.00. The molecule has 0 aromatic heterocycles. The Morgan fingerprint density at radius 2 is 1.68 bits per heavy atom. The Morgan fingerprint density at radius 1 is 0.947 bits per heavy atom. The molecular formula is C13H29IN4O. The van der Waals surface area contributed by atoms with Crippen molar-refractivity contribution in [3.8, 4) is 0 Å². The molecule has 0 fully saturated rings. The third-order valence-corrected chi connectivity index (χ3v) is 2.37. The van der Waals surface area contributed by atoms with Gasteiger partial charge in [0.15, 0.2) is 5.96 Å². The van der Waals surface area contributed by atoms with E-state index in [1.54, 1.807) is 0 Å². The van der Waals surface area contributed by atoms with Gasteiger partial charge in [-0.1, -0.05) is 26.7 Å². The first kappa shape index (κ1) is 20.8. The molecule has 0 aliphatic heterocycles. The lowest BCUT2D eigenvalue weighted by Gasteiger charge is -2.10. The van der Waals surface area contributed by atoms with Crippen molar-refractivity contribution >= 4 is 35.8 Å². The van der Waals surface area contributed by atoms with Gasteiger partial charge in [0, 0.05) is 19.6 Å². The van der Waals surface area contributed by atoms with Crippen LogP contribution in [0.1, 0.15) is 46.5 Å². The predicted octanol–water partition coefficient (Wildman–Crippen LogP) is 1.88. The summed E-state index contributed by atoms with van der Waals surface area (Å²) >= 11 is 0. The summed E-state index contributed by atoms with van der Waals surface area (Å²) in [5, 5.41) is 9.16. The van der Waals surface area contributed by atoms with E-state index in [0.717, 1.165) is 38.4 Å². The van der Waals surface area contributed by atoms with Gasteiger partial charge in [-0.15, -0.1) is 24.0 Å². The molecule has 6 heteroatoms. The Balaban J connectivity index is 0. The van der Waals surface area contributed by atoms with Crippen molar-refractivity contribution < 1.29 is 4.79 Å². The summed E-state index contributed by atoms with van der Waals surface area (Å²) in [5.74, 6) is 0.697. The minimum Gasteiger partial charge on any atom is -0.357 e. The number of nitrogens with zero attached hydrogens (tertiary/aromatic N) is 1. The third-order valence-electron chi connectivity index (χ3n) is 2.37. The van der Waals surface area contributed by atoms with Crippen molar-refractivity contribution in [1.82, 2.24) is 16.0 Å². The number of rotatable bonds is 9. The molecule has 0 aliphatic rings. The van der Waals surface area contributed by atoms with Crippen LogP contribution in [-0.4, -0.2) is 38.0 Å². The normalized spacial score (nSPS) is 10.6. The largest absolute Gasteiger partial charge is 0.357 e. The standard InChI is InChI=1S/C13H28N4O.HI/c1-4-7-8-10-16-13(14-6-3)17-11-12(18)15-9-5-2;/h4-11H2,1-3H3,(H,15,18)(H2,14,16,17);1H. The number of hydrogen-bond acceptors (Lipinski definition) is 2. The van der Waals surface area contributed by atoms with Gasteiger partial charge in [0.25, 0.3) is 0 Å². The van der Waals surface area contributed by atoms with Crippen molar-refractivity contribution in [1.29, 1.82) is 0 Å². The number of carbonyl (C=O) groups excluding carboxylic acids is 1. The van der Waals surface area contributed by atoms with E-state index in [1.807, 2.05) is 13.8 Å². The Morgan fingerprint density at radius 3 is 2.26 bits per heavy atom. The second-order valence-corrected chi connectivity index (χ2v) is 4.18. The van der Waals surface area contributed by atoms with Gasteiger partial charge in [-0.3, -0.25) is 4.79 Å². The summed E-state index contributed by atoms with van der Waals surface area (Å²) in [6.45, 7) is 8.82. The highest BCUT2D eigenvalue weighted by atomic mass is 127. The number of aliphatic imine (C=N–C) groups is 1. The van der Waals surface area contributed by atoms with Gasteiger partial charge < -0.3 is 16.0 Å². The first-order valence-corrected chi connectivity index (χ1v) is 7.03. The van der Waals surface area contributed by atoms with Crippen LogP contribution in [0, 0.1) is 0 Å². The van der Waals surface area contributed by atoms with E-state index in [1.165, 1.54) is 12.8 Å². The Bertz CT molecular complexity index is 247. The van der Waals surface area contributed by atoms with Crippen molar-refractivity contribution in [3.05, 3.63) is 0 Å². The Labute approximate surface area is 134 Å². The minimum absolute atomic E-state index is 0. The molecule has 0 atom stereocenters. The van der Waals surface area contributed by atoms with E-state index >= 15 is 0 Å². The molecule has 0 aromatic rings. The number of hydrogen-bond donors (Lipinski definition) is 3. The number of halogens is 1. The topological polar surface area (TPSA) is 65.5 Å². The zero-order valence-corrected chi connectivity index (χ0v) is 14.8. The van der Waals surface area contributed by atoms with E-state index in [0.29, 0.717) is 0 Å². The molecule has 0 saturated heterocycles. The zero-order valence-electron chi connectivity index (χ0n) is 12.4. The van der Waals surface area contributed by atoms with Crippen LogP contribution in [0.4, 0.5) is 0 Å². The first-order valence-electron chi connectivity index (χ1n) is 7.03. The maximum absolute atomic E-state index is 11.4. The van der Waals surface area contributed by atoms with E-state index in [9.17, 15) is 4.79 Å². The van der Waals surface area contributed by atoms with Crippen molar-refractivity contribution in [2.45, 2.75) is 46.5 Å². The van der Waals surface area contributed by atoms with Crippen LogP contribution in [-0.2, 0) is 4.79 Å². The minimum atomic E-state index is -0.0254. The maximum atomic E-state index is 11.4. The zero-order chi connectivity index (χ0) is 13.6. The van der Waals surface area contributed by atoms with Crippen LogP contribution < -0.4 is 16.0 Å². The SMILES string of the molecule is CCCCCNC(=NCC(=O)NCCC)NCC.I. The molecule has 3 N–H and O–H groups in total. The van der Waals surface area contributed by atoms with Crippen molar-refractivity contribution in [2.24, 2.45) is 4.99 Å². The molecule has 0 aromatic carbocycles. The molecule has 0 spiro atoms. The second kappa shape index (κ2) is 15.5. The van der Waals surface area contributed by atoms with E-state index in [4.69, 9.17) is 0 Å². The lowest BCUT2D eigenvalue weighted by molar-refractivity contribution is -0.119. The van der Waals surface area contributed by atoms with Gasteiger partial charge in [-0.2, -0.15) is 0 Å². The fraction of sp³-hybridized carbons (Fsp3) is 0.846. The molecule has 0 unspecified atom stereocenters. The quantitative estimate of drug-likeness (QED) is 0.246. The van der Waals surface area contributed by atoms with Crippen LogP contribution in [0.25, 0.3) is 0 Å². The lowest BCUT2D eigenvalue weighted by Crippen LogP contribution is -2.39. The van der Waals surface area contributed by atoms with Crippen molar-refractivity contribution in [3.63, 3.8) is 0 Å². The van der Waals surface area contributed by atoms with Gasteiger partial charge in [0.2, 0.25) is 5.91 Å². The van der Waals surface area contributed by atoms with E-state index < -0.39 is 0 Å². The summed E-state index contributed by atoms with van der Waals surface area (Å²) in [4.78, 5) is 15.7. The molecule has 5 nitrogen and oxygen atoms in total. The molecule has 0 radical (unpaired) electrons. The number of unbranched alkanes of at least 4 members (excludes halogenated alkanes) is 2. The van der Waals surface area contributed by atoms with Gasteiger partial charge in [0.1, 0.15) is 6.54 Å². The lowest BCUT2D eigenvalue weighted by atomic mass is 10.2. The van der Waals surface area contributed by atoms with E-state index in [2.05, 4.69) is 27.9 Å². The fourth-order valence-electron chi connectivity index (χ4n) is 1.39.